The number of hydrogen-bond donors (Lipinski definition) is 0. The molecule has 6 rings (SSSR count). The minimum absolute atomic E-state index is 0.00996. The summed E-state index contributed by atoms with van der Waals surface area (Å²) in [6, 6.07) is 0. The average Bonchev–Trinajstić information content (AvgIpc) is 3.10. The predicted octanol–water partition coefficient (Wildman–Crippen LogP) is 9.73. The Labute approximate surface area is 304 Å². The van der Waals surface area contributed by atoms with E-state index in [1.165, 1.54) is 12.8 Å². The molecule has 6 aliphatic carbocycles. The molecule has 0 amide bonds. The van der Waals surface area contributed by atoms with E-state index in [1.807, 2.05) is 0 Å². The first kappa shape index (κ1) is 38.6. The van der Waals surface area contributed by atoms with Gasteiger partial charge in [0.25, 0.3) is 0 Å². The van der Waals surface area contributed by atoms with Crippen LogP contribution in [0.25, 0.3) is 0 Å². The second kappa shape index (κ2) is 17.8. The molecule has 0 aromatic rings. The Bertz CT molecular complexity index is 1020. The van der Waals surface area contributed by atoms with Crippen LogP contribution in [-0.4, -0.2) is 55.0 Å². The molecule has 0 radical (unpaired) electrons. The lowest BCUT2D eigenvalue weighted by Crippen LogP contribution is -2.43. The van der Waals surface area contributed by atoms with Crippen LogP contribution in [0.4, 0.5) is 0 Å². The van der Waals surface area contributed by atoms with E-state index in [2.05, 4.69) is 27.7 Å². The molecule has 284 valence electrons. The van der Waals surface area contributed by atoms with Crippen molar-refractivity contribution in [1.29, 1.82) is 0 Å². The molecular formula is C44H72O6. The number of hydrogen-bond acceptors (Lipinski definition) is 6. The molecule has 6 nitrogen and oxygen atoms in total. The Hall–Kier alpha value is -1.11. The minimum Gasteiger partial charge on any atom is -0.381 e. The number of rotatable bonds is 11. The van der Waals surface area contributed by atoms with Crippen LogP contribution >= 0.6 is 0 Å². The SMILES string of the molecule is COC1CCC(C(=O)C2CC(OC3CCC(C(=O)C4CC(C)CC(C)C4)CC3)CC(OC3CCC(C(=O)C4CC(C)CC(C)C4)CC3)C2)CC1. The standard InChI is InChI=1S/C44H72O6/c1-27-18-28(2)21-34(20-27)42(45)32-8-14-38(15-9-32)49-40-24-36(44(47)31-6-12-37(48-5)13-7-31)25-41(26-40)50-39-16-10-33(11-17-39)43(46)35-22-29(3)19-30(4)23-35/h27-41H,6-26H2,1-5H3. The summed E-state index contributed by atoms with van der Waals surface area (Å²) >= 11 is 0. The van der Waals surface area contributed by atoms with Gasteiger partial charge >= 0.3 is 0 Å². The molecule has 6 saturated carbocycles. The number of carbonyl (C=O) groups excluding carboxylic acids is 3. The maximum absolute atomic E-state index is 14.0. The van der Waals surface area contributed by atoms with Crippen LogP contribution in [-0.2, 0) is 28.6 Å². The molecule has 0 aromatic carbocycles. The van der Waals surface area contributed by atoms with Crippen molar-refractivity contribution in [3.05, 3.63) is 0 Å². The molecule has 6 heteroatoms. The Morgan fingerprint density at radius 3 is 0.960 bits per heavy atom. The zero-order valence-corrected chi connectivity index (χ0v) is 32.5. The molecule has 0 heterocycles. The van der Waals surface area contributed by atoms with Gasteiger partial charge in [-0.15, -0.1) is 0 Å². The van der Waals surface area contributed by atoms with E-state index < -0.39 is 0 Å². The highest BCUT2D eigenvalue weighted by Gasteiger charge is 2.42. The lowest BCUT2D eigenvalue weighted by Gasteiger charge is -2.41. The van der Waals surface area contributed by atoms with Crippen molar-refractivity contribution in [2.24, 2.45) is 59.2 Å². The summed E-state index contributed by atoms with van der Waals surface area (Å²) in [6.45, 7) is 9.26. The summed E-state index contributed by atoms with van der Waals surface area (Å²) < 4.78 is 19.4. The van der Waals surface area contributed by atoms with Gasteiger partial charge in [0.15, 0.2) is 0 Å². The third kappa shape index (κ3) is 10.1. The largest absolute Gasteiger partial charge is 0.381 e. The van der Waals surface area contributed by atoms with Gasteiger partial charge in [-0.05, 0) is 159 Å². The summed E-state index contributed by atoms with van der Waals surface area (Å²) in [5.41, 5.74) is 0. The highest BCUT2D eigenvalue weighted by atomic mass is 16.5. The van der Waals surface area contributed by atoms with E-state index in [0.717, 1.165) is 122 Å². The fourth-order valence-electron chi connectivity index (χ4n) is 12.1. The van der Waals surface area contributed by atoms with Gasteiger partial charge in [-0.25, -0.2) is 0 Å². The van der Waals surface area contributed by atoms with Gasteiger partial charge in [-0.1, -0.05) is 27.7 Å². The van der Waals surface area contributed by atoms with Crippen LogP contribution in [0.3, 0.4) is 0 Å². The van der Waals surface area contributed by atoms with Gasteiger partial charge in [-0.3, -0.25) is 14.4 Å². The van der Waals surface area contributed by atoms with Crippen molar-refractivity contribution >= 4 is 17.3 Å². The van der Waals surface area contributed by atoms with Crippen LogP contribution < -0.4 is 0 Å². The molecule has 6 fully saturated rings. The van der Waals surface area contributed by atoms with E-state index in [1.54, 1.807) is 7.11 Å². The van der Waals surface area contributed by atoms with E-state index >= 15 is 0 Å². The summed E-state index contributed by atoms with van der Waals surface area (Å²) in [4.78, 5) is 41.1. The van der Waals surface area contributed by atoms with Crippen molar-refractivity contribution in [1.82, 2.24) is 0 Å². The van der Waals surface area contributed by atoms with Crippen LogP contribution in [0.5, 0.6) is 0 Å². The van der Waals surface area contributed by atoms with Crippen molar-refractivity contribution in [2.75, 3.05) is 7.11 Å². The average molecular weight is 697 g/mol. The number of methoxy groups -OCH3 is 1. The second-order valence-corrected chi connectivity index (χ2v) is 19.0. The van der Waals surface area contributed by atoms with Gasteiger partial charge < -0.3 is 14.2 Å². The van der Waals surface area contributed by atoms with Crippen molar-refractivity contribution in [3.63, 3.8) is 0 Å². The highest BCUT2D eigenvalue weighted by Crippen LogP contribution is 2.42. The third-order valence-corrected chi connectivity index (χ3v) is 14.5. The second-order valence-electron chi connectivity index (χ2n) is 19.0. The number of ketones is 3. The third-order valence-electron chi connectivity index (χ3n) is 14.5. The maximum Gasteiger partial charge on any atom is 0.139 e. The first-order valence-electron chi connectivity index (χ1n) is 21.5. The van der Waals surface area contributed by atoms with Crippen molar-refractivity contribution in [3.8, 4) is 0 Å². The van der Waals surface area contributed by atoms with E-state index in [9.17, 15) is 14.4 Å². The Morgan fingerprint density at radius 2 is 0.640 bits per heavy atom. The molecule has 50 heavy (non-hydrogen) atoms. The topological polar surface area (TPSA) is 78.9 Å². The molecular weight excluding hydrogens is 624 g/mol. The number of carbonyl (C=O) groups is 3. The van der Waals surface area contributed by atoms with Gasteiger partial charge in [-0.2, -0.15) is 0 Å². The van der Waals surface area contributed by atoms with Crippen molar-refractivity contribution in [2.45, 2.75) is 193 Å². The molecule has 0 saturated heterocycles. The highest BCUT2D eigenvalue weighted by molar-refractivity contribution is 5.84. The summed E-state index contributed by atoms with van der Waals surface area (Å²) in [7, 11) is 1.79. The maximum atomic E-state index is 14.0. The fraction of sp³-hybridized carbons (Fsp3) is 0.932. The van der Waals surface area contributed by atoms with Crippen LogP contribution in [0, 0.1) is 59.2 Å². The molecule has 6 unspecified atom stereocenters. The molecule has 0 aliphatic heterocycles. The van der Waals surface area contributed by atoms with Crippen LogP contribution in [0.1, 0.15) is 163 Å². The Balaban J connectivity index is 1.02. The van der Waals surface area contributed by atoms with Gasteiger partial charge in [0.2, 0.25) is 0 Å². The zero-order chi connectivity index (χ0) is 35.4. The minimum atomic E-state index is -0.00996. The molecule has 6 aliphatic rings. The number of Topliss-reactive ketones (excluding diaryl/α,β-unsaturated/α-hetero) is 3. The smallest absolute Gasteiger partial charge is 0.139 e. The predicted molar refractivity (Wildman–Crippen MR) is 198 cm³/mol. The Morgan fingerprint density at radius 1 is 0.340 bits per heavy atom. The lowest BCUT2D eigenvalue weighted by molar-refractivity contribution is -0.147. The molecule has 0 spiro atoms. The first-order valence-corrected chi connectivity index (χ1v) is 21.5. The van der Waals surface area contributed by atoms with E-state index in [0.29, 0.717) is 41.0 Å². The molecule has 6 atom stereocenters. The lowest BCUT2D eigenvalue weighted by atomic mass is 9.70. The summed E-state index contributed by atoms with van der Waals surface area (Å²) in [5.74, 6) is 5.15. The summed E-state index contributed by atoms with van der Waals surface area (Å²) in [5, 5.41) is 0. The zero-order valence-electron chi connectivity index (χ0n) is 32.5. The molecule has 0 bridgehead atoms. The normalized spacial score (nSPS) is 44.7. The van der Waals surface area contributed by atoms with Gasteiger partial charge in [0.1, 0.15) is 17.3 Å². The Kier molecular flexibility index (Phi) is 13.8. The number of ether oxygens (including phenoxy) is 3. The van der Waals surface area contributed by atoms with E-state index in [-0.39, 0.29) is 66.0 Å². The molecule has 0 aromatic heterocycles. The van der Waals surface area contributed by atoms with Crippen molar-refractivity contribution < 1.29 is 28.6 Å². The molecule has 0 N–H and O–H groups in total. The van der Waals surface area contributed by atoms with Crippen LogP contribution in [0.15, 0.2) is 0 Å². The summed E-state index contributed by atoms with van der Waals surface area (Å²) in [6.07, 6.45) is 21.4. The van der Waals surface area contributed by atoms with Crippen LogP contribution in [0.2, 0.25) is 0 Å². The monoisotopic (exact) mass is 697 g/mol. The fourth-order valence-corrected chi connectivity index (χ4v) is 12.1. The van der Waals surface area contributed by atoms with Gasteiger partial charge in [0, 0.05) is 42.6 Å². The van der Waals surface area contributed by atoms with Gasteiger partial charge in [0.05, 0.1) is 30.5 Å². The quantitative estimate of drug-likeness (QED) is 0.214. The first-order chi connectivity index (χ1) is 24.0. The van der Waals surface area contributed by atoms with E-state index in [4.69, 9.17) is 14.2 Å².